The third-order valence-corrected chi connectivity index (χ3v) is 3.21. The van der Waals surface area contributed by atoms with Gasteiger partial charge in [-0.2, -0.15) is 0 Å². The molecule has 0 aliphatic carbocycles. The van der Waals surface area contributed by atoms with Gasteiger partial charge < -0.3 is 4.74 Å². The van der Waals surface area contributed by atoms with Gasteiger partial charge in [0.2, 0.25) is 5.88 Å². The van der Waals surface area contributed by atoms with E-state index in [1.54, 1.807) is 7.11 Å². The summed E-state index contributed by atoms with van der Waals surface area (Å²) in [6.45, 7) is 8.68. The number of methoxy groups -OCH3 is 1. The van der Waals surface area contributed by atoms with E-state index in [2.05, 4.69) is 49.6 Å². The Labute approximate surface area is 135 Å². The molecule has 0 aliphatic heterocycles. The summed E-state index contributed by atoms with van der Waals surface area (Å²) in [7, 11) is 1.68. The molecule has 0 unspecified atom stereocenters. The molecule has 0 atom stereocenters. The maximum atomic E-state index is 5.49. The van der Waals surface area contributed by atoms with E-state index in [0.717, 1.165) is 11.1 Å². The normalized spacial score (nSPS) is 10.8. The third-order valence-electron chi connectivity index (χ3n) is 3.21. The van der Waals surface area contributed by atoms with Gasteiger partial charge in [0.15, 0.2) is 0 Å². The van der Waals surface area contributed by atoms with Crippen molar-refractivity contribution in [3.05, 3.63) is 36.0 Å². The predicted octanol–water partition coefficient (Wildman–Crippen LogP) is 4.26. The van der Waals surface area contributed by atoms with Gasteiger partial charge in [0.25, 0.3) is 0 Å². The first-order valence-electron chi connectivity index (χ1n) is 6.78. The molecule has 0 N–H and O–H groups in total. The Hall–Kier alpha value is -1.08. The zero-order chi connectivity index (χ0) is 14.0. The van der Waals surface area contributed by atoms with E-state index in [4.69, 9.17) is 4.74 Å². The summed E-state index contributed by atoms with van der Waals surface area (Å²) in [5.41, 5.74) is 3.51. The quantitative estimate of drug-likeness (QED) is 0.692. The molecule has 1 heterocycles. The fourth-order valence-electron chi connectivity index (χ4n) is 2.39. The maximum Gasteiger partial charge on any atom is 0.240 e. The van der Waals surface area contributed by atoms with Crippen molar-refractivity contribution >= 4 is 0 Å². The molecule has 0 fully saturated rings. The largest absolute Gasteiger partial charge is 0.479 e. The maximum absolute atomic E-state index is 5.49. The number of rotatable bonds is 4. The number of hydrogen-bond acceptors (Lipinski definition) is 2. The van der Waals surface area contributed by atoms with Crippen LogP contribution in [0.25, 0.3) is 11.1 Å². The molecule has 1 aromatic heterocycles. The minimum atomic E-state index is 0. The molecule has 2 aromatic rings. The van der Waals surface area contributed by atoms with Gasteiger partial charge in [-0.25, -0.2) is 0 Å². The van der Waals surface area contributed by atoms with Crippen molar-refractivity contribution in [3.8, 4) is 17.0 Å². The van der Waals surface area contributed by atoms with Gasteiger partial charge in [-0.05, 0) is 25.3 Å². The molecular formula is C16H22N2OPt. The van der Waals surface area contributed by atoms with Crippen molar-refractivity contribution in [1.29, 1.82) is 0 Å². The van der Waals surface area contributed by atoms with Crippen LogP contribution in [0.1, 0.15) is 45.3 Å². The molecule has 3 nitrogen and oxygen atoms in total. The molecule has 112 valence electrons. The molecule has 1 aromatic carbocycles. The van der Waals surface area contributed by atoms with Crippen LogP contribution < -0.4 is 4.74 Å². The van der Waals surface area contributed by atoms with Crippen molar-refractivity contribution in [2.45, 2.75) is 39.7 Å². The van der Waals surface area contributed by atoms with Gasteiger partial charge >= 0.3 is 0 Å². The summed E-state index contributed by atoms with van der Waals surface area (Å²) >= 11 is 0. The summed E-state index contributed by atoms with van der Waals surface area (Å²) in [6, 6.07) is 10.7. The zero-order valence-corrected chi connectivity index (χ0v) is 14.9. The first-order chi connectivity index (χ1) is 9.06. The summed E-state index contributed by atoms with van der Waals surface area (Å²) < 4.78 is 7.56. The molecule has 0 aliphatic rings. The Morgan fingerprint density at radius 2 is 1.65 bits per heavy atom. The second-order valence-corrected chi connectivity index (χ2v) is 5.33. The smallest absolute Gasteiger partial charge is 0.240 e. The van der Waals surface area contributed by atoms with E-state index >= 15 is 0 Å². The van der Waals surface area contributed by atoms with Crippen molar-refractivity contribution in [3.63, 3.8) is 0 Å². The Morgan fingerprint density at radius 1 is 1.05 bits per heavy atom. The van der Waals surface area contributed by atoms with E-state index in [1.165, 1.54) is 5.69 Å². The van der Waals surface area contributed by atoms with E-state index in [0.29, 0.717) is 17.8 Å². The molecule has 0 bridgehead atoms. The van der Waals surface area contributed by atoms with E-state index in [-0.39, 0.29) is 21.1 Å². The van der Waals surface area contributed by atoms with Crippen molar-refractivity contribution < 1.29 is 25.8 Å². The predicted molar refractivity (Wildman–Crippen MR) is 78.7 cm³/mol. The number of benzene rings is 1. The average molecular weight is 453 g/mol. The van der Waals surface area contributed by atoms with Crippen molar-refractivity contribution in [2.24, 2.45) is 0 Å². The first-order valence-corrected chi connectivity index (χ1v) is 6.78. The molecule has 0 saturated heterocycles. The van der Waals surface area contributed by atoms with Gasteiger partial charge in [0.1, 0.15) is 0 Å². The molecule has 4 heteroatoms. The van der Waals surface area contributed by atoms with E-state index < -0.39 is 0 Å². The fraction of sp³-hybridized carbons (Fsp3) is 0.438. The van der Waals surface area contributed by atoms with Crippen LogP contribution in [0.4, 0.5) is 0 Å². The van der Waals surface area contributed by atoms with Gasteiger partial charge in [-0.1, -0.05) is 44.2 Å². The van der Waals surface area contributed by atoms with Crippen LogP contribution in [0.15, 0.2) is 30.3 Å². The standard InChI is InChI=1S/C16H22N2O.Pt/c1-11(2)15-14(13-9-7-6-8-10-13)16(19-5)17-18(15)12(3)4;/h6-12H,1-5H3;. The Kier molecular flexibility index (Phi) is 6.01. The van der Waals surface area contributed by atoms with Crippen molar-refractivity contribution in [1.82, 2.24) is 9.78 Å². The van der Waals surface area contributed by atoms with Gasteiger partial charge in [0, 0.05) is 27.1 Å². The minimum absolute atomic E-state index is 0. The Balaban J connectivity index is 0.00000200. The third kappa shape index (κ3) is 3.15. The van der Waals surface area contributed by atoms with Crippen molar-refractivity contribution in [2.75, 3.05) is 7.11 Å². The number of nitrogens with zero attached hydrogens (tertiary/aromatic N) is 2. The van der Waals surface area contributed by atoms with Gasteiger partial charge in [0.05, 0.1) is 18.4 Å². The SMILES string of the molecule is COc1nn(C(C)C)c(C(C)C)c1-c1ccccc1.[Pt]. The Morgan fingerprint density at radius 3 is 2.10 bits per heavy atom. The fourth-order valence-corrected chi connectivity index (χ4v) is 2.39. The monoisotopic (exact) mass is 453 g/mol. The number of aromatic nitrogens is 2. The minimum Gasteiger partial charge on any atom is -0.479 e. The van der Waals surface area contributed by atoms with E-state index in [1.807, 2.05) is 18.2 Å². The average Bonchev–Trinajstić information content (AvgIpc) is 2.79. The van der Waals surface area contributed by atoms with Gasteiger partial charge in [-0.15, -0.1) is 5.10 Å². The van der Waals surface area contributed by atoms with E-state index in [9.17, 15) is 0 Å². The topological polar surface area (TPSA) is 27.1 Å². The number of hydrogen-bond donors (Lipinski definition) is 0. The first kappa shape index (κ1) is 17.0. The zero-order valence-electron chi connectivity index (χ0n) is 12.7. The summed E-state index contributed by atoms with van der Waals surface area (Å²) in [5, 5.41) is 4.62. The van der Waals surface area contributed by atoms with Gasteiger partial charge in [-0.3, -0.25) is 4.68 Å². The molecule has 0 radical (unpaired) electrons. The second kappa shape index (κ2) is 7.08. The molecule has 0 saturated carbocycles. The Bertz CT molecular complexity index is 547. The number of ether oxygens (including phenoxy) is 1. The van der Waals surface area contributed by atoms with Crippen LogP contribution in [-0.4, -0.2) is 16.9 Å². The molecular weight excluding hydrogens is 431 g/mol. The van der Waals surface area contributed by atoms with Crippen LogP contribution in [0.5, 0.6) is 5.88 Å². The molecule has 2 rings (SSSR count). The summed E-state index contributed by atoms with van der Waals surface area (Å²) in [6.07, 6.45) is 0. The van der Waals surface area contributed by atoms with Crippen LogP contribution >= 0.6 is 0 Å². The molecule has 0 amide bonds. The van der Waals surface area contributed by atoms with Crippen LogP contribution in [0.2, 0.25) is 0 Å². The summed E-state index contributed by atoms with van der Waals surface area (Å²) in [5.74, 6) is 1.11. The molecule has 0 spiro atoms. The van der Waals surface area contributed by atoms with Crippen LogP contribution in [0, 0.1) is 0 Å². The van der Waals surface area contributed by atoms with Crippen LogP contribution in [0.3, 0.4) is 0 Å². The van der Waals surface area contributed by atoms with Crippen LogP contribution in [-0.2, 0) is 21.1 Å². The summed E-state index contributed by atoms with van der Waals surface area (Å²) in [4.78, 5) is 0. The molecule has 20 heavy (non-hydrogen) atoms. The second-order valence-electron chi connectivity index (χ2n) is 5.33.